The third kappa shape index (κ3) is 6.89. The summed E-state index contributed by atoms with van der Waals surface area (Å²) in [4.78, 5) is 28.5. The normalized spacial score (nSPS) is 10.9. The number of hydrogen-bond donors (Lipinski definition) is 3. The number of oxazole rings is 1. The topological polar surface area (TPSA) is 124 Å². The van der Waals surface area contributed by atoms with Crippen molar-refractivity contribution in [3.63, 3.8) is 0 Å². The number of amides is 3. The first-order chi connectivity index (χ1) is 16.2. The molecule has 0 aliphatic rings. The lowest BCUT2D eigenvalue weighted by Gasteiger charge is -2.20. The van der Waals surface area contributed by atoms with Gasteiger partial charge in [-0.1, -0.05) is 0 Å². The van der Waals surface area contributed by atoms with Gasteiger partial charge < -0.3 is 34.6 Å². The Morgan fingerprint density at radius 1 is 1.00 bits per heavy atom. The molecule has 2 aromatic carbocycles. The Kier molecular flexibility index (Phi) is 7.62. The van der Waals surface area contributed by atoms with E-state index >= 15 is 0 Å². The average molecular weight is 469 g/mol. The number of rotatable bonds is 7. The van der Waals surface area contributed by atoms with E-state index in [0.717, 1.165) is 5.56 Å². The molecule has 0 radical (unpaired) electrons. The number of hydrogen-bond acceptors (Lipinski definition) is 7. The van der Waals surface area contributed by atoms with Crippen molar-refractivity contribution in [1.29, 1.82) is 0 Å². The molecule has 1 aromatic heterocycles. The van der Waals surface area contributed by atoms with Gasteiger partial charge in [-0.25, -0.2) is 14.6 Å². The first kappa shape index (κ1) is 24.4. The van der Waals surface area contributed by atoms with Crippen molar-refractivity contribution in [3.05, 3.63) is 54.6 Å². The Hall–Kier alpha value is -4.21. The molecule has 0 atom stereocenters. The second kappa shape index (κ2) is 10.6. The second-order valence-electron chi connectivity index (χ2n) is 8.29. The molecule has 0 aliphatic carbocycles. The summed E-state index contributed by atoms with van der Waals surface area (Å²) < 4.78 is 21.3. The Morgan fingerprint density at radius 2 is 1.76 bits per heavy atom. The Labute approximate surface area is 197 Å². The highest BCUT2D eigenvalue weighted by Crippen LogP contribution is 2.32. The highest BCUT2D eigenvalue weighted by Gasteiger charge is 2.16. The fraction of sp³-hybridized carbons (Fsp3) is 0.292. The molecule has 0 saturated carbocycles. The van der Waals surface area contributed by atoms with E-state index in [1.54, 1.807) is 63.4 Å². The summed E-state index contributed by atoms with van der Waals surface area (Å²) in [5.74, 6) is 1.60. The molecule has 34 heavy (non-hydrogen) atoms. The number of carbonyl (C=O) groups excluding carboxylic acids is 2. The number of nitrogens with one attached hydrogen (secondary N) is 3. The SMILES string of the molecule is COc1cc(CNC(=O)OC(C)(C)C)cc(NC(=O)Nc2ccc(-c3cnco3)c(OC)c2)c1. The zero-order valence-electron chi connectivity index (χ0n) is 19.7. The molecule has 3 rings (SSSR count). The van der Waals surface area contributed by atoms with Crippen LogP contribution in [0, 0.1) is 0 Å². The number of carbonyl (C=O) groups is 2. The number of methoxy groups -OCH3 is 2. The van der Waals surface area contributed by atoms with Crippen molar-refractivity contribution in [2.75, 3.05) is 24.9 Å². The summed E-state index contributed by atoms with van der Waals surface area (Å²) in [6, 6.07) is 9.86. The molecule has 10 nitrogen and oxygen atoms in total. The summed E-state index contributed by atoms with van der Waals surface area (Å²) in [7, 11) is 3.05. The zero-order valence-corrected chi connectivity index (χ0v) is 19.7. The quantitative estimate of drug-likeness (QED) is 0.444. The van der Waals surface area contributed by atoms with Crippen LogP contribution in [0.5, 0.6) is 11.5 Å². The van der Waals surface area contributed by atoms with Gasteiger partial charge in [0.2, 0.25) is 0 Å². The van der Waals surface area contributed by atoms with Crippen LogP contribution in [0.4, 0.5) is 21.0 Å². The third-order valence-corrected chi connectivity index (χ3v) is 4.45. The number of aromatic nitrogens is 1. The monoisotopic (exact) mass is 468 g/mol. The van der Waals surface area contributed by atoms with Crippen LogP contribution < -0.4 is 25.4 Å². The third-order valence-electron chi connectivity index (χ3n) is 4.45. The largest absolute Gasteiger partial charge is 0.497 e. The van der Waals surface area contributed by atoms with E-state index in [1.165, 1.54) is 20.6 Å². The van der Waals surface area contributed by atoms with Gasteiger partial charge in [0.05, 0.1) is 26.0 Å². The van der Waals surface area contributed by atoms with Crippen molar-refractivity contribution in [3.8, 4) is 22.8 Å². The lowest BCUT2D eigenvalue weighted by Crippen LogP contribution is -2.32. The van der Waals surface area contributed by atoms with Crippen molar-refractivity contribution in [2.24, 2.45) is 0 Å². The van der Waals surface area contributed by atoms with Crippen molar-refractivity contribution in [2.45, 2.75) is 32.9 Å². The number of ether oxygens (including phenoxy) is 3. The van der Waals surface area contributed by atoms with E-state index in [2.05, 4.69) is 20.9 Å². The van der Waals surface area contributed by atoms with Gasteiger partial charge in [0, 0.05) is 30.1 Å². The van der Waals surface area contributed by atoms with E-state index in [1.807, 2.05) is 0 Å². The van der Waals surface area contributed by atoms with E-state index in [9.17, 15) is 9.59 Å². The Bertz CT molecular complexity index is 1140. The standard InChI is InChI=1S/C24H28N4O6/c1-24(2,3)34-23(30)26-12-15-8-17(10-18(9-15)31-4)28-22(29)27-16-6-7-19(20(11-16)32-5)21-13-25-14-33-21/h6-11,13-14H,12H2,1-5H3,(H,26,30)(H2,27,28,29). The molecular weight excluding hydrogens is 440 g/mol. The molecule has 1 heterocycles. The average Bonchev–Trinajstić information content (AvgIpc) is 3.31. The minimum Gasteiger partial charge on any atom is -0.497 e. The predicted octanol–water partition coefficient (Wildman–Crippen LogP) is 5.03. The summed E-state index contributed by atoms with van der Waals surface area (Å²) in [5, 5.41) is 8.22. The van der Waals surface area contributed by atoms with Gasteiger partial charge in [-0.05, 0) is 50.6 Å². The van der Waals surface area contributed by atoms with Gasteiger partial charge in [0.15, 0.2) is 12.2 Å². The molecule has 180 valence electrons. The fourth-order valence-electron chi connectivity index (χ4n) is 3.06. The number of benzene rings is 2. The second-order valence-corrected chi connectivity index (χ2v) is 8.29. The van der Waals surface area contributed by atoms with Crippen LogP contribution in [-0.2, 0) is 11.3 Å². The highest BCUT2D eigenvalue weighted by atomic mass is 16.6. The molecule has 0 aliphatic heterocycles. The van der Waals surface area contributed by atoms with E-state index in [0.29, 0.717) is 34.2 Å². The molecule has 3 amide bonds. The highest BCUT2D eigenvalue weighted by molar-refractivity contribution is 6.00. The number of nitrogens with zero attached hydrogens (tertiary/aromatic N) is 1. The minimum atomic E-state index is -0.598. The van der Waals surface area contributed by atoms with Crippen LogP contribution in [0.3, 0.4) is 0 Å². The summed E-state index contributed by atoms with van der Waals surface area (Å²) in [6.45, 7) is 5.56. The maximum Gasteiger partial charge on any atom is 0.407 e. The lowest BCUT2D eigenvalue weighted by atomic mass is 10.1. The van der Waals surface area contributed by atoms with Crippen molar-refractivity contribution in [1.82, 2.24) is 10.3 Å². The summed E-state index contributed by atoms with van der Waals surface area (Å²) in [5.41, 5.74) is 1.84. The van der Waals surface area contributed by atoms with Crippen molar-refractivity contribution < 1.29 is 28.2 Å². The van der Waals surface area contributed by atoms with E-state index in [4.69, 9.17) is 18.6 Å². The predicted molar refractivity (Wildman–Crippen MR) is 127 cm³/mol. The lowest BCUT2D eigenvalue weighted by molar-refractivity contribution is 0.0523. The van der Waals surface area contributed by atoms with Crippen LogP contribution >= 0.6 is 0 Å². The maximum absolute atomic E-state index is 12.6. The smallest absolute Gasteiger partial charge is 0.407 e. The van der Waals surface area contributed by atoms with Crippen LogP contribution in [-0.4, -0.2) is 36.9 Å². The van der Waals surface area contributed by atoms with E-state index < -0.39 is 17.7 Å². The summed E-state index contributed by atoms with van der Waals surface area (Å²) in [6.07, 6.45) is 2.38. The molecule has 3 aromatic rings. The van der Waals surface area contributed by atoms with Gasteiger partial charge in [0.25, 0.3) is 0 Å². The number of alkyl carbamates (subject to hydrolysis) is 1. The Morgan fingerprint density at radius 3 is 2.41 bits per heavy atom. The van der Waals surface area contributed by atoms with Crippen LogP contribution in [0.25, 0.3) is 11.3 Å². The summed E-state index contributed by atoms with van der Waals surface area (Å²) >= 11 is 0. The molecular formula is C24H28N4O6. The molecule has 0 spiro atoms. The minimum absolute atomic E-state index is 0.197. The van der Waals surface area contributed by atoms with Gasteiger partial charge >= 0.3 is 12.1 Å². The molecule has 0 saturated heterocycles. The molecule has 0 bridgehead atoms. The van der Waals surface area contributed by atoms with Crippen LogP contribution in [0.2, 0.25) is 0 Å². The van der Waals surface area contributed by atoms with Crippen molar-refractivity contribution >= 4 is 23.5 Å². The molecule has 0 fully saturated rings. The van der Waals surface area contributed by atoms with Gasteiger partial charge in [-0.2, -0.15) is 0 Å². The first-order valence-corrected chi connectivity index (χ1v) is 10.5. The Balaban J connectivity index is 1.67. The van der Waals surface area contributed by atoms with E-state index in [-0.39, 0.29) is 6.54 Å². The maximum atomic E-state index is 12.6. The molecule has 10 heteroatoms. The van der Waals surface area contributed by atoms with Crippen LogP contribution in [0.1, 0.15) is 26.3 Å². The number of urea groups is 1. The van der Waals surface area contributed by atoms with Gasteiger partial charge in [-0.3, -0.25) is 0 Å². The van der Waals surface area contributed by atoms with Crippen LogP contribution in [0.15, 0.2) is 53.4 Å². The fourth-order valence-corrected chi connectivity index (χ4v) is 3.06. The zero-order chi connectivity index (χ0) is 24.7. The number of anilines is 2. The molecule has 3 N–H and O–H groups in total. The first-order valence-electron chi connectivity index (χ1n) is 10.5. The van der Waals surface area contributed by atoms with Gasteiger partial charge in [0.1, 0.15) is 17.1 Å². The van der Waals surface area contributed by atoms with Gasteiger partial charge in [-0.15, -0.1) is 0 Å². The molecule has 0 unspecified atom stereocenters.